The molecule has 1 atom stereocenters. The molecule has 30 heavy (non-hydrogen) atoms. The van der Waals surface area contributed by atoms with Crippen LogP contribution in [-0.4, -0.2) is 50.6 Å². The predicted molar refractivity (Wildman–Crippen MR) is 120 cm³/mol. The minimum atomic E-state index is 0.200. The van der Waals surface area contributed by atoms with Crippen LogP contribution in [0.5, 0.6) is 0 Å². The van der Waals surface area contributed by atoms with Crippen molar-refractivity contribution in [2.45, 2.75) is 6.04 Å². The molecule has 0 radical (unpaired) electrons. The molecular weight excluding hydrogens is 396 g/mol. The Balaban J connectivity index is 1.38. The van der Waals surface area contributed by atoms with Gasteiger partial charge in [-0.25, -0.2) is 9.97 Å². The standard InChI is InChI=1S/C23H23ClN6/c1-28-16-26-20-15-25-23(27-22(20)28)30-13-11-29(12-14-30)21(17-5-3-2-4-6-17)18-7-9-19(24)10-8-18/h2-10,15-16,21H,11-14H2,1H3. The average molecular weight is 419 g/mol. The number of aromatic nitrogens is 4. The molecule has 7 heteroatoms. The molecule has 0 bridgehead atoms. The first kappa shape index (κ1) is 19.0. The van der Waals surface area contributed by atoms with E-state index in [1.54, 1.807) is 6.33 Å². The van der Waals surface area contributed by atoms with Crippen molar-refractivity contribution < 1.29 is 0 Å². The largest absolute Gasteiger partial charge is 0.338 e. The van der Waals surface area contributed by atoms with Gasteiger partial charge in [-0.2, -0.15) is 4.98 Å². The summed E-state index contributed by atoms with van der Waals surface area (Å²) < 4.78 is 1.93. The lowest BCUT2D eigenvalue weighted by atomic mass is 9.96. The first-order valence-corrected chi connectivity index (χ1v) is 10.5. The maximum absolute atomic E-state index is 6.14. The number of piperazine rings is 1. The Hall–Kier alpha value is -2.96. The number of hydrogen-bond acceptors (Lipinski definition) is 5. The number of fused-ring (bicyclic) bond motifs is 1. The van der Waals surface area contributed by atoms with Crippen LogP contribution in [0.2, 0.25) is 5.02 Å². The zero-order valence-corrected chi connectivity index (χ0v) is 17.6. The number of hydrogen-bond donors (Lipinski definition) is 0. The van der Waals surface area contributed by atoms with Crippen LogP contribution in [0.3, 0.4) is 0 Å². The molecule has 2 aromatic carbocycles. The zero-order chi connectivity index (χ0) is 20.5. The molecule has 1 fully saturated rings. The third-order valence-corrected chi connectivity index (χ3v) is 5.96. The second-order valence-corrected chi connectivity index (χ2v) is 8.06. The lowest BCUT2D eigenvalue weighted by molar-refractivity contribution is 0.211. The molecule has 6 nitrogen and oxygen atoms in total. The Bertz CT molecular complexity index is 1130. The molecule has 1 aliphatic rings. The lowest BCUT2D eigenvalue weighted by Crippen LogP contribution is -2.48. The van der Waals surface area contributed by atoms with Crippen molar-refractivity contribution >= 4 is 28.7 Å². The van der Waals surface area contributed by atoms with Crippen molar-refractivity contribution in [2.75, 3.05) is 31.1 Å². The second-order valence-electron chi connectivity index (χ2n) is 7.62. The van der Waals surface area contributed by atoms with Gasteiger partial charge in [-0.3, -0.25) is 4.90 Å². The van der Waals surface area contributed by atoms with Gasteiger partial charge in [-0.05, 0) is 23.3 Å². The number of aryl methyl sites for hydroxylation is 1. The summed E-state index contributed by atoms with van der Waals surface area (Å²) in [6, 6.07) is 19.1. The minimum absolute atomic E-state index is 0.200. The summed E-state index contributed by atoms with van der Waals surface area (Å²) in [4.78, 5) is 18.4. The number of rotatable bonds is 4. The third kappa shape index (κ3) is 3.64. The zero-order valence-electron chi connectivity index (χ0n) is 16.8. The number of benzene rings is 2. The minimum Gasteiger partial charge on any atom is -0.338 e. The van der Waals surface area contributed by atoms with Gasteiger partial charge in [-0.15, -0.1) is 0 Å². The molecule has 3 heterocycles. The van der Waals surface area contributed by atoms with E-state index < -0.39 is 0 Å². The van der Waals surface area contributed by atoms with Gasteiger partial charge in [0.05, 0.1) is 18.6 Å². The Kier molecular flexibility index (Phi) is 5.11. The van der Waals surface area contributed by atoms with E-state index in [1.807, 2.05) is 29.9 Å². The van der Waals surface area contributed by atoms with E-state index in [0.717, 1.165) is 48.3 Å². The summed E-state index contributed by atoms with van der Waals surface area (Å²) in [6.07, 6.45) is 3.59. The number of anilines is 1. The van der Waals surface area contributed by atoms with E-state index in [2.05, 4.69) is 62.2 Å². The molecule has 0 N–H and O–H groups in total. The molecule has 0 saturated carbocycles. The van der Waals surface area contributed by atoms with Crippen LogP contribution >= 0.6 is 11.6 Å². The van der Waals surface area contributed by atoms with E-state index in [9.17, 15) is 0 Å². The molecular formula is C23H23ClN6. The van der Waals surface area contributed by atoms with Crippen LogP contribution < -0.4 is 4.90 Å². The van der Waals surface area contributed by atoms with E-state index in [4.69, 9.17) is 16.6 Å². The predicted octanol–water partition coefficient (Wildman–Crippen LogP) is 3.93. The smallest absolute Gasteiger partial charge is 0.227 e. The maximum Gasteiger partial charge on any atom is 0.227 e. The van der Waals surface area contributed by atoms with E-state index in [0.29, 0.717) is 0 Å². The summed E-state index contributed by atoms with van der Waals surface area (Å²) in [5, 5.41) is 0.762. The highest BCUT2D eigenvalue weighted by Gasteiger charge is 2.27. The van der Waals surface area contributed by atoms with E-state index in [-0.39, 0.29) is 6.04 Å². The molecule has 4 aromatic rings. The highest BCUT2D eigenvalue weighted by atomic mass is 35.5. The Morgan fingerprint density at radius 2 is 1.57 bits per heavy atom. The van der Waals surface area contributed by atoms with E-state index >= 15 is 0 Å². The second kappa shape index (κ2) is 8.05. The van der Waals surface area contributed by atoms with Gasteiger partial charge in [-0.1, -0.05) is 54.1 Å². The summed E-state index contributed by atoms with van der Waals surface area (Å²) in [5.74, 6) is 0.772. The molecule has 1 unspecified atom stereocenters. The van der Waals surface area contributed by atoms with Gasteiger partial charge in [0, 0.05) is 38.2 Å². The molecule has 0 spiro atoms. The van der Waals surface area contributed by atoms with Crippen LogP contribution in [0, 0.1) is 0 Å². The normalized spacial score (nSPS) is 16.1. The maximum atomic E-state index is 6.14. The molecule has 152 valence electrons. The quantitative estimate of drug-likeness (QED) is 0.502. The van der Waals surface area contributed by atoms with Crippen molar-refractivity contribution in [2.24, 2.45) is 7.05 Å². The number of halogens is 1. The molecule has 5 rings (SSSR count). The molecule has 2 aromatic heterocycles. The summed E-state index contributed by atoms with van der Waals surface area (Å²) in [7, 11) is 1.96. The fourth-order valence-electron chi connectivity index (χ4n) is 4.14. The van der Waals surface area contributed by atoms with Crippen molar-refractivity contribution in [1.29, 1.82) is 0 Å². The van der Waals surface area contributed by atoms with Gasteiger partial charge in [0.15, 0.2) is 5.65 Å². The molecule has 0 aliphatic carbocycles. The van der Waals surface area contributed by atoms with Crippen LogP contribution in [0.15, 0.2) is 67.1 Å². The Morgan fingerprint density at radius 1 is 0.867 bits per heavy atom. The van der Waals surface area contributed by atoms with Crippen molar-refractivity contribution in [1.82, 2.24) is 24.4 Å². The lowest BCUT2D eigenvalue weighted by Gasteiger charge is -2.39. The fourth-order valence-corrected chi connectivity index (χ4v) is 4.26. The number of nitrogens with zero attached hydrogens (tertiary/aromatic N) is 6. The first-order valence-electron chi connectivity index (χ1n) is 10.1. The van der Waals surface area contributed by atoms with Crippen LogP contribution in [0.25, 0.3) is 11.2 Å². The van der Waals surface area contributed by atoms with Gasteiger partial charge in [0.2, 0.25) is 5.95 Å². The van der Waals surface area contributed by atoms with Crippen LogP contribution in [0.1, 0.15) is 17.2 Å². The number of imidazole rings is 1. The van der Waals surface area contributed by atoms with Gasteiger partial charge >= 0.3 is 0 Å². The van der Waals surface area contributed by atoms with Crippen molar-refractivity contribution in [3.8, 4) is 0 Å². The third-order valence-electron chi connectivity index (χ3n) is 5.70. The topological polar surface area (TPSA) is 50.1 Å². The summed E-state index contributed by atoms with van der Waals surface area (Å²) in [6.45, 7) is 3.60. The van der Waals surface area contributed by atoms with Gasteiger partial charge < -0.3 is 9.47 Å². The Morgan fingerprint density at radius 3 is 2.30 bits per heavy atom. The highest BCUT2D eigenvalue weighted by molar-refractivity contribution is 6.30. The van der Waals surface area contributed by atoms with Gasteiger partial charge in [0.25, 0.3) is 0 Å². The SMILES string of the molecule is Cn1cnc2cnc(N3CCN(C(c4ccccc4)c4ccc(Cl)cc4)CC3)nc21. The Labute approximate surface area is 180 Å². The molecule has 0 amide bonds. The monoisotopic (exact) mass is 418 g/mol. The summed E-state index contributed by atoms with van der Waals surface area (Å²) >= 11 is 6.14. The van der Waals surface area contributed by atoms with Crippen LogP contribution in [0.4, 0.5) is 5.95 Å². The van der Waals surface area contributed by atoms with Crippen molar-refractivity contribution in [3.05, 3.63) is 83.3 Å². The molecule has 1 saturated heterocycles. The summed E-state index contributed by atoms with van der Waals surface area (Å²) in [5.41, 5.74) is 4.24. The van der Waals surface area contributed by atoms with Crippen LogP contribution in [-0.2, 0) is 7.05 Å². The first-order chi connectivity index (χ1) is 14.7. The van der Waals surface area contributed by atoms with Crippen molar-refractivity contribution in [3.63, 3.8) is 0 Å². The average Bonchev–Trinajstić information content (AvgIpc) is 3.17. The van der Waals surface area contributed by atoms with Gasteiger partial charge in [0.1, 0.15) is 5.52 Å². The highest BCUT2D eigenvalue weighted by Crippen LogP contribution is 2.31. The van der Waals surface area contributed by atoms with E-state index in [1.165, 1.54) is 11.1 Å². The fraction of sp³-hybridized carbons (Fsp3) is 0.261. The molecule has 1 aliphatic heterocycles.